The van der Waals surface area contributed by atoms with Gasteiger partial charge in [0.25, 0.3) is 0 Å². The van der Waals surface area contributed by atoms with Crippen LogP contribution in [0.5, 0.6) is 0 Å². The van der Waals surface area contributed by atoms with Gasteiger partial charge < -0.3 is 30.1 Å². The van der Waals surface area contributed by atoms with Crippen molar-refractivity contribution in [3.8, 4) is 0 Å². The summed E-state index contributed by atoms with van der Waals surface area (Å²) < 4.78 is 50.6. The van der Waals surface area contributed by atoms with Crippen molar-refractivity contribution in [3.63, 3.8) is 0 Å². The lowest BCUT2D eigenvalue weighted by atomic mass is 9.94. The fourth-order valence-corrected chi connectivity index (χ4v) is 4.98. The Bertz CT molecular complexity index is 1030. The summed E-state index contributed by atoms with van der Waals surface area (Å²) in [7, 11) is 0. The molecule has 188 valence electrons. The molecule has 0 saturated carbocycles. The lowest BCUT2D eigenvalue weighted by Crippen LogP contribution is -2.67. The molecule has 3 aliphatic rings. The Hall–Kier alpha value is -2.86. The van der Waals surface area contributed by atoms with Gasteiger partial charge in [-0.05, 0) is 30.3 Å². The first-order valence-corrected chi connectivity index (χ1v) is 11.5. The van der Waals surface area contributed by atoms with E-state index in [9.17, 15) is 23.1 Å². The predicted molar refractivity (Wildman–Crippen MR) is 122 cm³/mol. The number of anilines is 2. The summed E-state index contributed by atoms with van der Waals surface area (Å²) in [6.45, 7) is 3.08. The van der Waals surface area contributed by atoms with E-state index in [1.807, 2.05) is 18.2 Å². The summed E-state index contributed by atoms with van der Waals surface area (Å²) in [6, 6.07) is 12.5. The van der Waals surface area contributed by atoms with Crippen molar-refractivity contribution in [1.29, 1.82) is 0 Å². The van der Waals surface area contributed by atoms with Crippen LogP contribution in [0.25, 0.3) is 0 Å². The van der Waals surface area contributed by atoms with Gasteiger partial charge in [0.1, 0.15) is 6.10 Å². The molecule has 8 nitrogen and oxygen atoms in total. The summed E-state index contributed by atoms with van der Waals surface area (Å²) in [5.74, 6) is 0. The molecule has 0 radical (unpaired) electrons. The number of alkyl halides is 3. The molecule has 5 atom stereocenters. The van der Waals surface area contributed by atoms with Crippen molar-refractivity contribution >= 4 is 17.4 Å². The SMILES string of the molecule is O=C(Nc1cccc(C(F)(F)F)c1)N[C@H]1[C@H](O)[C@@H](N2CCN(c3ccccc3)CC2)[C@@H]2OC[C@H]1O2. The van der Waals surface area contributed by atoms with Crippen LogP contribution in [0.1, 0.15) is 5.56 Å². The molecule has 0 aliphatic carbocycles. The average Bonchev–Trinajstić information content (AvgIpc) is 3.28. The number of hydrogen-bond donors (Lipinski definition) is 3. The number of halogens is 3. The van der Waals surface area contributed by atoms with Crippen LogP contribution in [0.15, 0.2) is 54.6 Å². The number of piperazine rings is 1. The number of amides is 2. The number of ether oxygens (including phenoxy) is 2. The summed E-state index contributed by atoms with van der Waals surface area (Å²) in [4.78, 5) is 17.0. The second kappa shape index (κ2) is 9.65. The number of benzene rings is 2. The largest absolute Gasteiger partial charge is 0.416 e. The number of carbonyl (C=O) groups is 1. The van der Waals surface area contributed by atoms with Crippen LogP contribution in [0.3, 0.4) is 0 Å². The number of aliphatic hydroxyl groups is 1. The van der Waals surface area contributed by atoms with Gasteiger partial charge in [0.05, 0.1) is 30.4 Å². The second-order valence-corrected chi connectivity index (χ2v) is 8.92. The third-order valence-corrected chi connectivity index (χ3v) is 6.73. The van der Waals surface area contributed by atoms with Gasteiger partial charge in [0, 0.05) is 37.6 Å². The van der Waals surface area contributed by atoms with Gasteiger partial charge in [0.2, 0.25) is 0 Å². The molecule has 3 heterocycles. The number of rotatable bonds is 4. The van der Waals surface area contributed by atoms with E-state index >= 15 is 0 Å². The molecule has 0 aromatic heterocycles. The predicted octanol–water partition coefficient (Wildman–Crippen LogP) is 2.50. The van der Waals surface area contributed by atoms with Crippen LogP contribution in [0.4, 0.5) is 29.3 Å². The van der Waals surface area contributed by atoms with Crippen LogP contribution >= 0.6 is 0 Å². The van der Waals surface area contributed by atoms with Gasteiger partial charge in [-0.2, -0.15) is 13.2 Å². The van der Waals surface area contributed by atoms with Gasteiger partial charge in [0.15, 0.2) is 6.29 Å². The molecule has 2 bridgehead atoms. The summed E-state index contributed by atoms with van der Waals surface area (Å²) in [5, 5.41) is 16.3. The average molecular weight is 492 g/mol. The molecule has 2 aromatic carbocycles. The van der Waals surface area contributed by atoms with Gasteiger partial charge in [-0.25, -0.2) is 4.79 Å². The first kappa shape index (κ1) is 23.9. The van der Waals surface area contributed by atoms with Crippen LogP contribution < -0.4 is 15.5 Å². The van der Waals surface area contributed by atoms with Crippen molar-refractivity contribution in [2.45, 2.75) is 36.8 Å². The molecular formula is C24H27F3N4O4. The Balaban J connectivity index is 1.23. The summed E-state index contributed by atoms with van der Waals surface area (Å²) in [6.07, 6.45) is -6.65. The van der Waals surface area contributed by atoms with Crippen LogP contribution in [0.2, 0.25) is 0 Å². The number of urea groups is 1. The van der Waals surface area contributed by atoms with Crippen LogP contribution in [-0.4, -0.2) is 79.4 Å². The zero-order valence-electron chi connectivity index (χ0n) is 18.8. The Morgan fingerprint density at radius 2 is 1.77 bits per heavy atom. The normalized spacial score (nSPS) is 29.1. The molecule has 11 heteroatoms. The maximum Gasteiger partial charge on any atom is 0.416 e. The fraction of sp³-hybridized carbons (Fsp3) is 0.458. The molecule has 2 aromatic rings. The van der Waals surface area contributed by atoms with E-state index in [-0.39, 0.29) is 12.3 Å². The minimum Gasteiger partial charge on any atom is -0.389 e. The Labute approximate surface area is 200 Å². The molecule has 3 aliphatic heterocycles. The number of nitrogens with one attached hydrogen (secondary N) is 2. The molecule has 3 saturated heterocycles. The third-order valence-electron chi connectivity index (χ3n) is 6.73. The molecule has 5 rings (SSSR count). The molecular weight excluding hydrogens is 465 g/mol. The van der Waals surface area contributed by atoms with Crippen molar-refractivity contribution in [2.24, 2.45) is 0 Å². The molecule has 2 amide bonds. The van der Waals surface area contributed by atoms with E-state index in [4.69, 9.17) is 9.47 Å². The highest BCUT2D eigenvalue weighted by Gasteiger charge is 2.53. The number of fused-ring (bicyclic) bond motifs is 2. The minimum atomic E-state index is -4.52. The second-order valence-electron chi connectivity index (χ2n) is 8.92. The van der Waals surface area contributed by atoms with Crippen molar-refractivity contribution < 1.29 is 32.5 Å². The van der Waals surface area contributed by atoms with Crippen LogP contribution in [-0.2, 0) is 15.7 Å². The Morgan fingerprint density at radius 3 is 2.49 bits per heavy atom. The summed E-state index contributed by atoms with van der Waals surface area (Å²) in [5.41, 5.74) is 0.270. The van der Waals surface area contributed by atoms with Crippen molar-refractivity contribution in [2.75, 3.05) is 43.0 Å². The Kier molecular flexibility index (Phi) is 6.58. The van der Waals surface area contributed by atoms with Gasteiger partial charge >= 0.3 is 12.2 Å². The fourth-order valence-electron chi connectivity index (χ4n) is 4.98. The zero-order chi connectivity index (χ0) is 24.6. The molecule has 3 N–H and O–H groups in total. The van der Waals surface area contributed by atoms with E-state index in [1.165, 1.54) is 12.1 Å². The molecule has 0 unspecified atom stereocenters. The maximum atomic E-state index is 13.0. The van der Waals surface area contributed by atoms with E-state index < -0.39 is 48.4 Å². The van der Waals surface area contributed by atoms with E-state index in [0.717, 1.165) is 30.9 Å². The quantitative estimate of drug-likeness (QED) is 0.608. The molecule has 0 spiro atoms. The number of carbonyl (C=O) groups excluding carboxylic acids is 1. The first-order valence-electron chi connectivity index (χ1n) is 11.5. The maximum absolute atomic E-state index is 13.0. The smallest absolute Gasteiger partial charge is 0.389 e. The van der Waals surface area contributed by atoms with Crippen LogP contribution in [0, 0.1) is 0 Å². The monoisotopic (exact) mass is 492 g/mol. The minimum absolute atomic E-state index is 0.00215. The number of para-hydroxylation sites is 1. The first-order chi connectivity index (χ1) is 16.8. The number of hydrogen-bond acceptors (Lipinski definition) is 6. The zero-order valence-corrected chi connectivity index (χ0v) is 18.8. The lowest BCUT2D eigenvalue weighted by Gasteiger charge is -2.47. The van der Waals surface area contributed by atoms with Crippen molar-refractivity contribution in [1.82, 2.24) is 10.2 Å². The van der Waals surface area contributed by atoms with E-state index in [2.05, 4.69) is 32.6 Å². The number of aliphatic hydroxyl groups excluding tert-OH is 1. The molecule has 35 heavy (non-hydrogen) atoms. The standard InChI is InChI=1S/C24H27F3N4O4/c25-24(26,27)15-5-4-6-16(13-15)28-23(33)29-19-18-14-34-22(35-18)20(21(19)32)31-11-9-30(10-12-31)17-7-2-1-3-8-17/h1-8,13,18-22,32H,9-12,14H2,(H2,28,29,33)/t18-,19-,20-,21+,22-/m1/s1. The van der Waals surface area contributed by atoms with Gasteiger partial charge in [-0.1, -0.05) is 24.3 Å². The lowest BCUT2D eigenvalue weighted by molar-refractivity contribution is -0.181. The highest BCUT2D eigenvalue weighted by molar-refractivity contribution is 5.89. The van der Waals surface area contributed by atoms with E-state index in [1.54, 1.807) is 0 Å². The highest BCUT2D eigenvalue weighted by Crippen LogP contribution is 2.33. The van der Waals surface area contributed by atoms with Gasteiger partial charge in [-0.3, -0.25) is 4.90 Å². The number of nitrogens with zero attached hydrogens (tertiary/aromatic N) is 2. The molecule has 3 fully saturated rings. The Morgan fingerprint density at radius 1 is 1.03 bits per heavy atom. The van der Waals surface area contributed by atoms with Gasteiger partial charge in [-0.15, -0.1) is 0 Å². The highest BCUT2D eigenvalue weighted by atomic mass is 19.4. The van der Waals surface area contributed by atoms with Crippen molar-refractivity contribution in [3.05, 3.63) is 60.2 Å². The topological polar surface area (TPSA) is 86.3 Å². The third kappa shape index (κ3) is 5.08. The van der Waals surface area contributed by atoms with E-state index in [0.29, 0.717) is 13.1 Å². The summed E-state index contributed by atoms with van der Waals surface area (Å²) >= 11 is 0.